The van der Waals surface area contributed by atoms with E-state index in [1.54, 1.807) is 13.7 Å². The topological polar surface area (TPSA) is 0 Å². The fourth-order valence-corrected chi connectivity index (χ4v) is 30.5. The molecule has 2 unspecified atom stereocenters. The van der Waals surface area contributed by atoms with E-state index in [4.69, 9.17) is 0 Å². The van der Waals surface area contributed by atoms with Crippen LogP contribution in [-0.4, -0.2) is 9.52 Å². The van der Waals surface area contributed by atoms with E-state index in [1.165, 1.54) is 89.0 Å². The number of allylic oxidation sites excluding steroid dienone is 2. The average Bonchev–Trinajstić information content (AvgIpc) is 4.02. The van der Waals surface area contributed by atoms with Crippen molar-refractivity contribution in [3.05, 3.63) is 233 Å². The van der Waals surface area contributed by atoms with Gasteiger partial charge in [0.2, 0.25) is 0 Å². The minimum atomic E-state index is -3.46. The molecule has 8 aromatic carbocycles. The van der Waals surface area contributed by atoms with Crippen LogP contribution in [0.3, 0.4) is 0 Å². The molecule has 2 aliphatic carbocycles. The Morgan fingerprint density at radius 1 is 0.375 bits per heavy atom. The van der Waals surface area contributed by atoms with Gasteiger partial charge in [-0.1, -0.05) is 0 Å². The molecule has 11 rings (SSSR count). The van der Waals surface area contributed by atoms with Gasteiger partial charge in [0.1, 0.15) is 0 Å². The first kappa shape index (κ1) is 41.1. The van der Waals surface area contributed by atoms with Crippen LogP contribution in [0, 0.1) is 0 Å². The molecule has 1 heterocycles. The van der Waals surface area contributed by atoms with Crippen LogP contribution in [0.25, 0.3) is 56.7 Å². The zero-order valence-electron chi connectivity index (χ0n) is 37.9. The van der Waals surface area contributed by atoms with Crippen LogP contribution in [0.4, 0.5) is 0 Å². The van der Waals surface area contributed by atoms with Crippen LogP contribution in [0.2, 0.25) is 0 Å². The van der Waals surface area contributed by atoms with Gasteiger partial charge in [0.25, 0.3) is 0 Å². The van der Waals surface area contributed by atoms with Crippen molar-refractivity contribution in [3.8, 4) is 33.4 Å². The van der Waals surface area contributed by atoms with Gasteiger partial charge in [-0.05, 0) is 0 Å². The van der Waals surface area contributed by atoms with E-state index in [-0.39, 0.29) is 10.8 Å². The molecular formula is C62H55HfSi. The van der Waals surface area contributed by atoms with E-state index >= 15 is 0 Å². The van der Waals surface area contributed by atoms with Crippen molar-refractivity contribution in [3.63, 3.8) is 0 Å². The van der Waals surface area contributed by atoms with Gasteiger partial charge in [-0.15, -0.1) is 0 Å². The molecule has 2 heteroatoms. The molecule has 1 aliphatic heterocycles. The van der Waals surface area contributed by atoms with Crippen molar-refractivity contribution in [1.82, 2.24) is 0 Å². The third kappa shape index (κ3) is 6.97. The first-order valence-electron chi connectivity index (χ1n) is 23.1. The summed E-state index contributed by atoms with van der Waals surface area (Å²) in [7, 11) is -0.723. The zero-order chi connectivity index (χ0) is 43.7. The average molecular weight is 1010 g/mol. The van der Waals surface area contributed by atoms with E-state index in [2.05, 4.69) is 242 Å². The van der Waals surface area contributed by atoms with E-state index in [9.17, 15) is 0 Å². The number of hydrogen-bond donors (Lipinski definition) is 0. The molecule has 0 nitrogen and oxygen atoms in total. The monoisotopic (exact) mass is 1010 g/mol. The molecule has 0 radical (unpaired) electrons. The van der Waals surface area contributed by atoms with Crippen molar-refractivity contribution in [2.75, 3.05) is 0 Å². The van der Waals surface area contributed by atoms with Crippen LogP contribution in [0.1, 0.15) is 93.4 Å². The van der Waals surface area contributed by atoms with Crippen molar-refractivity contribution < 1.29 is 21.4 Å². The summed E-state index contributed by atoms with van der Waals surface area (Å²) < 4.78 is 2.31. The molecule has 64 heavy (non-hydrogen) atoms. The third-order valence-electron chi connectivity index (χ3n) is 14.2. The number of fused-ring (bicyclic) bond motifs is 5. The van der Waals surface area contributed by atoms with Gasteiger partial charge in [-0.3, -0.25) is 0 Å². The summed E-state index contributed by atoms with van der Waals surface area (Å²) in [5.74, 6) is 0. The quantitative estimate of drug-likeness (QED) is 0.140. The van der Waals surface area contributed by atoms with Gasteiger partial charge < -0.3 is 0 Å². The van der Waals surface area contributed by atoms with Gasteiger partial charge in [0.05, 0.1) is 0 Å². The first-order chi connectivity index (χ1) is 31.1. The Morgan fingerprint density at radius 2 is 0.781 bits per heavy atom. The Labute approximate surface area is 390 Å². The molecule has 0 saturated heterocycles. The molecular weight excluding hydrogens is 951 g/mol. The maximum absolute atomic E-state index is 3.46. The molecule has 0 bridgehead atoms. The predicted octanol–water partition coefficient (Wildman–Crippen LogP) is 13.6. The van der Waals surface area contributed by atoms with Gasteiger partial charge >= 0.3 is 394 Å². The van der Waals surface area contributed by atoms with Crippen LogP contribution >= 0.6 is 0 Å². The summed E-state index contributed by atoms with van der Waals surface area (Å²) in [5, 5.41) is 3.30. The summed E-state index contributed by atoms with van der Waals surface area (Å²) in [6.07, 6.45) is 5.28. The molecule has 311 valence electrons. The Morgan fingerprint density at radius 3 is 1.28 bits per heavy atom. The molecule has 0 saturated carbocycles. The van der Waals surface area contributed by atoms with E-state index in [0.717, 1.165) is 0 Å². The van der Waals surface area contributed by atoms with Gasteiger partial charge in [0.15, 0.2) is 0 Å². The van der Waals surface area contributed by atoms with Crippen LogP contribution in [0.5, 0.6) is 0 Å². The normalized spacial score (nSPS) is 16.5. The minimum absolute atomic E-state index is 0.00172. The van der Waals surface area contributed by atoms with E-state index < -0.39 is 31.0 Å². The molecule has 0 spiro atoms. The molecule has 3 aliphatic rings. The van der Waals surface area contributed by atoms with Crippen LogP contribution < -0.4 is 13.7 Å². The third-order valence-corrected chi connectivity index (χ3v) is 30.4. The maximum atomic E-state index is 2.64. The second-order valence-corrected chi connectivity index (χ2v) is 31.3. The van der Waals surface area contributed by atoms with E-state index in [0.29, 0.717) is 7.35 Å². The Balaban J connectivity index is 1.22. The predicted molar refractivity (Wildman–Crippen MR) is 275 cm³/mol. The standard InChI is InChI=1S/2C25H23.C12H9Si.Hf/c2*1-25(2,3)24-15-8-7-13-22(24)21-14-9-12-19-16-20(17-23(19)21)18-10-5-4-6-11-18;1-3-7-11-9(5-1)10-6-2-4-8-12(10)13-11;/h2*4-17H,1-3H3;1-7H,13H2;. The fraction of sp³-hybridized carbons (Fsp3) is 0.161. The van der Waals surface area contributed by atoms with Crippen LogP contribution in [-0.2, 0) is 32.3 Å². The Bertz CT molecular complexity index is 2990. The summed E-state index contributed by atoms with van der Waals surface area (Å²) in [4.78, 5) is 0. The van der Waals surface area contributed by atoms with Crippen molar-refractivity contribution in [2.24, 2.45) is 0 Å². The van der Waals surface area contributed by atoms with Crippen molar-refractivity contribution in [2.45, 2.75) is 59.7 Å². The number of hydrogen-bond acceptors (Lipinski definition) is 0. The summed E-state index contributed by atoms with van der Waals surface area (Å²) in [6, 6.07) is 72.7. The molecule has 2 atom stereocenters. The summed E-state index contributed by atoms with van der Waals surface area (Å²) in [5.41, 5.74) is 22.8. The Hall–Kier alpha value is -5.67. The summed E-state index contributed by atoms with van der Waals surface area (Å²) in [6.45, 7) is 14.1. The van der Waals surface area contributed by atoms with Crippen LogP contribution in [0.15, 0.2) is 188 Å². The second kappa shape index (κ2) is 16.1. The first-order valence-corrected chi connectivity index (χ1v) is 30.5. The van der Waals surface area contributed by atoms with Crippen molar-refractivity contribution >= 4 is 46.5 Å². The number of rotatable bonds is 7. The molecule has 0 aromatic heterocycles. The Kier molecular flexibility index (Phi) is 10.3. The molecule has 8 aromatic rings. The molecule has 0 N–H and O–H groups in total. The van der Waals surface area contributed by atoms with Crippen molar-refractivity contribution in [1.29, 1.82) is 0 Å². The molecule has 0 amide bonds. The SMILES string of the molecule is CC(C)(C)c1ccccc1-c1cccc2c1C=C(c1ccccc1)[CH]2[Hf]([c]1cccc2c1[SiH2]c1ccccc1-2)[CH]1C(c2ccccc2)=Cc2c(-c3ccccc3C(C)(C)C)cccc21. The van der Waals surface area contributed by atoms with E-state index in [1.807, 2.05) is 0 Å². The van der Waals surface area contributed by atoms with Gasteiger partial charge in [0, 0.05) is 0 Å². The second-order valence-electron chi connectivity index (χ2n) is 20.1. The summed E-state index contributed by atoms with van der Waals surface area (Å²) >= 11 is -3.46. The van der Waals surface area contributed by atoms with Gasteiger partial charge in [-0.2, -0.15) is 0 Å². The fourth-order valence-electron chi connectivity index (χ4n) is 11.4. The number of benzene rings is 8. The molecule has 0 fully saturated rings. The zero-order valence-corrected chi connectivity index (χ0v) is 42.9. The van der Waals surface area contributed by atoms with Gasteiger partial charge in [-0.25, -0.2) is 0 Å².